The van der Waals surface area contributed by atoms with Crippen molar-refractivity contribution in [3.8, 4) is 0 Å². The van der Waals surface area contributed by atoms with Crippen LogP contribution < -0.4 is 10.6 Å². The smallest absolute Gasteiger partial charge is 0.226 e. The van der Waals surface area contributed by atoms with E-state index < -0.39 is 0 Å². The Hall–Kier alpha value is -1.36. The molecular formula is C14H20N4S. The third kappa shape index (κ3) is 2.97. The van der Waals surface area contributed by atoms with E-state index in [1.807, 2.05) is 0 Å². The summed E-state index contributed by atoms with van der Waals surface area (Å²) >= 11 is 1.73. The van der Waals surface area contributed by atoms with Crippen LogP contribution in [0, 0.1) is 12.8 Å². The van der Waals surface area contributed by atoms with Gasteiger partial charge in [-0.05, 0) is 32.3 Å². The number of thiophene rings is 1. The lowest BCUT2D eigenvalue weighted by Crippen LogP contribution is -2.08. The fourth-order valence-electron chi connectivity index (χ4n) is 2.22. The van der Waals surface area contributed by atoms with Crippen molar-refractivity contribution in [3.63, 3.8) is 0 Å². The number of fused-ring (bicyclic) bond motifs is 1. The van der Waals surface area contributed by atoms with Crippen LogP contribution in [0.15, 0.2) is 6.07 Å². The summed E-state index contributed by atoms with van der Waals surface area (Å²) in [5.41, 5.74) is 0. The summed E-state index contributed by atoms with van der Waals surface area (Å²) in [7, 11) is 0. The largest absolute Gasteiger partial charge is 0.369 e. The molecule has 0 aliphatic heterocycles. The number of nitrogens with zero attached hydrogens (tertiary/aromatic N) is 2. The molecular weight excluding hydrogens is 256 g/mol. The second-order valence-corrected chi connectivity index (χ2v) is 6.40. The van der Waals surface area contributed by atoms with Crippen LogP contribution in [-0.2, 0) is 0 Å². The van der Waals surface area contributed by atoms with E-state index in [1.54, 1.807) is 11.3 Å². The van der Waals surface area contributed by atoms with Crippen LogP contribution in [0.5, 0.6) is 0 Å². The lowest BCUT2D eigenvalue weighted by Gasteiger charge is -2.08. The first-order valence-electron chi connectivity index (χ1n) is 7.02. The van der Waals surface area contributed by atoms with Crippen molar-refractivity contribution in [1.82, 2.24) is 9.97 Å². The number of aromatic nitrogens is 2. The van der Waals surface area contributed by atoms with Gasteiger partial charge in [-0.3, -0.25) is 0 Å². The molecule has 102 valence electrons. The van der Waals surface area contributed by atoms with Gasteiger partial charge in [-0.2, -0.15) is 4.98 Å². The number of anilines is 2. The van der Waals surface area contributed by atoms with Gasteiger partial charge in [0, 0.05) is 18.0 Å². The van der Waals surface area contributed by atoms with Crippen molar-refractivity contribution < 1.29 is 0 Å². The van der Waals surface area contributed by atoms with Gasteiger partial charge < -0.3 is 10.6 Å². The van der Waals surface area contributed by atoms with Crippen LogP contribution in [0.4, 0.5) is 11.8 Å². The molecule has 0 amide bonds. The number of rotatable bonds is 6. The Morgan fingerprint density at radius 1 is 1.32 bits per heavy atom. The molecule has 1 fully saturated rings. The van der Waals surface area contributed by atoms with Crippen molar-refractivity contribution in [1.29, 1.82) is 0 Å². The van der Waals surface area contributed by atoms with E-state index in [2.05, 4.69) is 40.5 Å². The molecule has 0 atom stereocenters. The van der Waals surface area contributed by atoms with Crippen molar-refractivity contribution >= 4 is 33.3 Å². The normalized spacial score (nSPS) is 14.8. The Labute approximate surface area is 117 Å². The first kappa shape index (κ1) is 12.7. The molecule has 0 spiro atoms. The Morgan fingerprint density at radius 3 is 2.89 bits per heavy atom. The van der Waals surface area contributed by atoms with Gasteiger partial charge in [0.2, 0.25) is 5.95 Å². The summed E-state index contributed by atoms with van der Waals surface area (Å²) in [4.78, 5) is 11.5. The highest BCUT2D eigenvalue weighted by atomic mass is 32.1. The maximum atomic E-state index is 4.59. The molecule has 0 aromatic carbocycles. The summed E-state index contributed by atoms with van der Waals surface area (Å²) in [6, 6.07) is 2.18. The molecule has 2 heterocycles. The maximum absolute atomic E-state index is 4.59. The van der Waals surface area contributed by atoms with E-state index in [4.69, 9.17) is 0 Å². The number of hydrogen-bond donors (Lipinski definition) is 2. The van der Waals surface area contributed by atoms with Crippen LogP contribution in [-0.4, -0.2) is 23.1 Å². The molecule has 1 aliphatic rings. The van der Waals surface area contributed by atoms with Crippen LogP contribution in [0.1, 0.15) is 31.1 Å². The first-order chi connectivity index (χ1) is 9.26. The van der Waals surface area contributed by atoms with E-state index in [1.165, 1.54) is 24.1 Å². The van der Waals surface area contributed by atoms with Crippen molar-refractivity contribution in [2.75, 3.05) is 23.7 Å². The lowest BCUT2D eigenvalue weighted by atomic mass is 10.3. The third-order valence-corrected chi connectivity index (χ3v) is 4.34. The van der Waals surface area contributed by atoms with E-state index in [0.717, 1.165) is 41.0 Å². The highest BCUT2D eigenvalue weighted by molar-refractivity contribution is 7.18. The summed E-state index contributed by atoms with van der Waals surface area (Å²) in [6.45, 7) is 6.04. The van der Waals surface area contributed by atoms with Gasteiger partial charge in [0.1, 0.15) is 10.6 Å². The predicted octanol–water partition coefficient (Wildman–Crippen LogP) is 3.64. The number of aryl methyl sites for hydroxylation is 1. The summed E-state index contributed by atoms with van der Waals surface area (Å²) < 4.78 is 0. The molecule has 3 rings (SSSR count). The van der Waals surface area contributed by atoms with Crippen LogP contribution in [0.25, 0.3) is 10.2 Å². The molecule has 1 saturated carbocycles. The van der Waals surface area contributed by atoms with Gasteiger partial charge in [0.15, 0.2) is 0 Å². The minimum absolute atomic E-state index is 0.728. The third-order valence-electron chi connectivity index (χ3n) is 3.39. The average Bonchev–Trinajstić information content (AvgIpc) is 3.11. The predicted molar refractivity (Wildman–Crippen MR) is 82.1 cm³/mol. The molecule has 19 heavy (non-hydrogen) atoms. The van der Waals surface area contributed by atoms with Crippen molar-refractivity contribution in [2.45, 2.75) is 33.1 Å². The first-order valence-corrected chi connectivity index (χ1v) is 7.84. The van der Waals surface area contributed by atoms with Gasteiger partial charge in [-0.25, -0.2) is 4.98 Å². The average molecular weight is 276 g/mol. The molecule has 1 aliphatic carbocycles. The molecule has 0 bridgehead atoms. The Morgan fingerprint density at radius 2 is 2.16 bits per heavy atom. The Balaban J connectivity index is 1.84. The van der Waals surface area contributed by atoms with Gasteiger partial charge in [0.25, 0.3) is 0 Å². The second kappa shape index (κ2) is 5.33. The molecule has 2 aromatic rings. The molecule has 4 nitrogen and oxygen atoms in total. The molecule has 0 unspecified atom stereocenters. The number of hydrogen-bond acceptors (Lipinski definition) is 5. The van der Waals surface area contributed by atoms with Crippen LogP contribution >= 0.6 is 11.3 Å². The SMILES string of the molecule is CCNc1nc(NCCC2CC2)c2cc(C)sc2n1. The maximum Gasteiger partial charge on any atom is 0.226 e. The van der Waals surface area contributed by atoms with Crippen molar-refractivity contribution in [3.05, 3.63) is 10.9 Å². The molecule has 0 radical (unpaired) electrons. The van der Waals surface area contributed by atoms with E-state index in [-0.39, 0.29) is 0 Å². The Bertz CT molecular complexity index is 574. The lowest BCUT2D eigenvalue weighted by molar-refractivity contribution is 0.759. The Kier molecular flexibility index (Phi) is 3.55. The fraction of sp³-hybridized carbons (Fsp3) is 0.571. The van der Waals surface area contributed by atoms with Gasteiger partial charge in [-0.1, -0.05) is 12.8 Å². The fourth-order valence-corrected chi connectivity index (χ4v) is 3.09. The van der Waals surface area contributed by atoms with Crippen LogP contribution in [0.2, 0.25) is 0 Å². The topological polar surface area (TPSA) is 49.8 Å². The summed E-state index contributed by atoms with van der Waals surface area (Å²) in [5.74, 6) is 2.65. The standard InChI is InChI=1S/C14H20N4S/c1-3-15-14-17-12(16-7-6-10-4-5-10)11-8-9(2)19-13(11)18-14/h8,10H,3-7H2,1-2H3,(H2,15,16,17,18). The molecule has 2 aromatic heterocycles. The monoisotopic (exact) mass is 276 g/mol. The molecule has 5 heteroatoms. The quantitative estimate of drug-likeness (QED) is 0.845. The van der Waals surface area contributed by atoms with Gasteiger partial charge >= 0.3 is 0 Å². The zero-order chi connectivity index (χ0) is 13.2. The van der Waals surface area contributed by atoms with E-state index in [9.17, 15) is 0 Å². The minimum atomic E-state index is 0.728. The highest BCUT2D eigenvalue weighted by Crippen LogP contribution is 2.33. The van der Waals surface area contributed by atoms with E-state index >= 15 is 0 Å². The molecule has 0 saturated heterocycles. The highest BCUT2D eigenvalue weighted by Gasteiger charge is 2.20. The zero-order valence-electron chi connectivity index (χ0n) is 11.5. The summed E-state index contributed by atoms with van der Waals surface area (Å²) in [6.07, 6.45) is 4.06. The van der Waals surface area contributed by atoms with Crippen molar-refractivity contribution in [2.24, 2.45) is 5.92 Å². The molecule has 2 N–H and O–H groups in total. The van der Waals surface area contributed by atoms with Gasteiger partial charge in [-0.15, -0.1) is 11.3 Å². The summed E-state index contributed by atoms with van der Waals surface area (Å²) in [5, 5.41) is 7.84. The van der Waals surface area contributed by atoms with Gasteiger partial charge in [0.05, 0.1) is 5.39 Å². The minimum Gasteiger partial charge on any atom is -0.369 e. The zero-order valence-corrected chi connectivity index (χ0v) is 12.3. The van der Waals surface area contributed by atoms with Crippen LogP contribution in [0.3, 0.4) is 0 Å². The second-order valence-electron chi connectivity index (χ2n) is 5.16. The number of nitrogens with one attached hydrogen (secondary N) is 2. The van der Waals surface area contributed by atoms with E-state index in [0.29, 0.717) is 0 Å².